The molecule has 18 heavy (non-hydrogen) atoms. The Kier molecular flexibility index (Phi) is 4.20. The Hall–Kier alpha value is -0.710. The zero-order valence-electron chi connectivity index (χ0n) is 9.75. The topological polar surface area (TPSA) is 26.0 Å². The van der Waals surface area contributed by atoms with Gasteiger partial charge in [0.15, 0.2) is 0 Å². The van der Waals surface area contributed by atoms with Crippen LogP contribution in [-0.2, 0) is 0 Å². The molecule has 4 heteroatoms. The minimum absolute atomic E-state index is 0.281. The van der Waals surface area contributed by atoms with Crippen LogP contribution < -0.4 is 5.73 Å². The van der Waals surface area contributed by atoms with E-state index in [-0.39, 0.29) is 11.9 Å². The standard InChI is InChI=1S/C14H12Br2FN/c1-8-2-4-10(11(15)6-8)14(18)9-3-5-13(17)12(16)7-9/h2-7,14H,18H2,1H3. The summed E-state index contributed by atoms with van der Waals surface area (Å²) in [4.78, 5) is 0. The molecule has 1 unspecified atom stereocenters. The summed E-state index contributed by atoms with van der Waals surface area (Å²) in [5, 5.41) is 0. The number of benzene rings is 2. The van der Waals surface area contributed by atoms with Crippen molar-refractivity contribution in [1.29, 1.82) is 0 Å². The molecule has 0 bridgehead atoms. The molecule has 0 aliphatic heterocycles. The summed E-state index contributed by atoms with van der Waals surface area (Å²) < 4.78 is 14.6. The third-order valence-electron chi connectivity index (χ3n) is 2.79. The predicted molar refractivity (Wildman–Crippen MR) is 79.0 cm³/mol. The van der Waals surface area contributed by atoms with Crippen molar-refractivity contribution in [3.63, 3.8) is 0 Å². The second kappa shape index (κ2) is 5.51. The highest BCUT2D eigenvalue weighted by Crippen LogP contribution is 2.29. The van der Waals surface area contributed by atoms with Gasteiger partial charge >= 0.3 is 0 Å². The fourth-order valence-corrected chi connectivity index (χ4v) is 2.91. The Labute approximate surface area is 122 Å². The van der Waals surface area contributed by atoms with Crippen LogP contribution in [0.25, 0.3) is 0 Å². The highest BCUT2D eigenvalue weighted by molar-refractivity contribution is 9.10. The zero-order chi connectivity index (χ0) is 13.3. The van der Waals surface area contributed by atoms with Crippen LogP contribution in [0.5, 0.6) is 0 Å². The van der Waals surface area contributed by atoms with Gasteiger partial charge in [0.1, 0.15) is 5.82 Å². The lowest BCUT2D eigenvalue weighted by Gasteiger charge is -2.15. The maximum Gasteiger partial charge on any atom is 0.137 e. The maximum absolute atomic E-state index is 13.2. The smallest absolute Gasteiger partial charge is 0.137 e. The third-order valence-corrected chi connectivity index (χ3v) is 4.09. The fraction of sp³-hybridized carbons (Fsp3) is 0.143. The number of nitrogens with two attached hydrogens (primary N) is 1. The van der Waals surface area contributed by atoms with E-state index in [0.29, 0.717) is 4.47 Å². The minimum atomic E-state index is -0.283. The summed E-state index contributed by atoms with van der Waals surface area (Å²) in [6.07, 6.45) is 0. The molecule has 0 heterocycles. The van der Waals surface area contributed by atoms with Gasteiger partial charge in [-0.25, -0.2) is 4.39 Å². The van der Waals surface area contributed by atoms with Gasteiger partial charge in [-0.2, -0.15) is 0 Å². The molecule has 0 spiro atoms. The predicted octanol–water partition coefficient (Wildman–Crippen LogP) is 4.71. The first-order chi connectivity index (χ1) is 8.49. The lowest BCUT2D eigenvalue weighted by atomic mass is 9.99. The number of hydrogen-bond acceptors (Lipinski definition) is 1. The monoisotopic (exact) mass is 371 g/mol. The summed E-state index contributed by atoms with van der Waals surface area (Å²) in [7, 11) is 0. The summed E-state index contributed by atoms with van der Waals surface area (Å²) in [6, 6.07) is 10.6. The molecule has 0 aromatic heterocycles. The first kappa shape index (κ1) is 13.7. The van der Waals surface area contributed by atoms with Crippen molar-refractivity contribution in [1.82, 2.24) is 0 Å². The molecular formula is C14H12Br2FN. The van der Waals surface area contributed by atoms with Crippen LogP contribution in [0.1, 0.15) is 22.7 Å². The zero-order valence-corrected chi connectivity index (χ0v) is 12.9. The van der Waals surface area contributed by atoms with Crippen LogP contribution in [0.3, 0.4) is 0 Å². The van der Waals surface area contributed by atoms with Crippen molar-refractivity contribution < 1.29 is 4.39 Å². The highest BCUT2D eigenvalue weighted by Gasteiger charge is 2.13. The molecular weight excluding hydrogens is 361 g/mol. The van der Waals surface area contributed by atoms with Crippen molar-refractivity contribution in [3.8, 4) is 0 Å². The first-order valence-corrected chi connectivity index (χ1v) is 7.04. The number of aryl methyl sites for hydroxylation is 1. The van der Waals surface area contributed by atoms with E-state index >= 15 is 0 Å². The lowest BCUT2D eigenvalue weighted by Crippen LogP contribution is -2.12. The van der Waals surface area contributed by atoms with Crippen LogP contribution in [0.15, 0.2) is 45.3 Å². The van der Waals surface area contributed by atoms with Gasteiger partial charge in [0.2, 0.25) is 0 Å². The molecule has 0 saturated heterocycles. The summed E-state index contributed by atoms with van der Waals surface area (Å²) in [6.45, 7) is 2.02. The van der Waals surface area contributed by atoms with E-state index in [1.807, 2.05) is 25.1 Å². The molecule has 0 radical (unpaired) electrons. The van der Waals surface area contributed by atoms with Gasteiger partial charge in [-0.3, -0.25) is 0 Å². The van der Waals surface area contributed by atoms with Crippen LogP contribution >= 0.6 is 31.9 Å². The van der Waals surface area contributed by atoms with Gasteiger partial charge in [0, 0.05) is 4.47 Å². The molecule has 0 amide bonds. The molecule has 0 fully saturated rings. The Morgan fingerprint density at radius 1 is 1.06 bits per heavy atom. The van der Waals surface area contributed by atoms with E-state index < -0.39 is 0 Å². The largest absolute Gasteiger partial charge is 0.320 e. The van der Waals surface area contributed by atoms with Crippen LogP contribution in [-0.4, -0.2) is 0 Å². The van der Waals surface area contributed by atoms with Gasteiger partial charge in [0.05, 0.1) is 10.5 Å². The molecule has 0 saturated carbocycles. The lowest BCUT2D eigenvalue weighted by molar-refractivity contribution is 0.619. The van der Waals surface area contributed by atoms with Crippen LogP contribution in [0.2, 0.25) is 0 Å². The van der Waals surface area contributed by atoms with Crippen molar-refractivity contribution >= 4 is 31.9 Å². The van der Waals surface area contributed by atoms with Gasteiger partial charge in [0.25, 0.3) is 0 Å². The van der Waals surface area contributed by atoms with Gasteiger partial charge in [-0.15, -0.1) is 0 Å². The average Bonchev–Trinajstić information content (AvgIpc) is 2.32. The van der Waals surface area contributed by atoms with E-state index in [0.717, 1.165) is 21.2 Å². The van der Waals surface area contributed by atoms with Crippen molar-refractivity contribution in [3.05, 3.63) is 67.9 Å². The second-order valence-electron chi connectivity index (χ2n) is 4.18. The van der Waals surface area contributed by atoms with E-state index in [9.17, 15) is 4.39 Å². The van der Waals surface area contributed by atoms with Gasteiger partial charge in [-0.05, 0) is 57.7 Å². The van der Waals surface area contributed by atoms with Gasteiger partial charge < -0.3 is 5.73 Å². The van der Waals surface area contributed by atoms with E-state index in [2.05, 4.69) is 31.9 Å². The summed E-state index contributed by atoms with van der Waals surface area (Å²) in [5.74, 6) is -0.283. The van der Waals surface area contributed by atoms with Crippen LogP contribution in [0.4, 0.5) is 4.39 Å². The number of hydrogen-bond donors (Lipinski definition) is 1. The van der Waals surface area contributed by atoms with Crippen molar-refractivity contribution in [2.75, 3.05) is 0 Å². The Balaban J connectivity index is 2.41. The molecule has 2 aromatic carbocycles. The maximum atomic E-state index is 13.2. The molecule has 1 nitrogen and oxygen atoms in total. The average molecular weight is 373 g/mol. The molecule has 0 aliphatic carbocycles. The number of halogens is 3. The van der Waals surface area contributed by atoms with E-state index in [1.54, 1.807) is 12.1 Å². The molecule has 0 aliphatic rings. The summed E-state index contributed by atoms with van der Waals surface area (Å²) >= 11 is 6.69. The fourth-order valence-electron chi connectivity index (χ4n) is 1.77. The summed E-state index contributed by atoms with van der Waals surface area (Å²) in [5.41, 5.74) is 9.23. The Bertz CT molecular complexity index is 584. The SMILES string of the molecule is Cc1ccc(C(N)c2ccc(F)c(Br)c2)c(Br)c1. The highest BCUT2D eigenvalue weighted by atomic mass is 79.9. The first-order valence-electron chi connectivity index (χ1n) is 5.45. The number of rotatable bonds is 2. The molecule has 1 atom stereocenters. The van der Waals surface area contributed by atoms with E-state index in [1.165, 1.54) is 6.07 Å². The van der Waals surface area contributed by atoms with E-state index in [4.69, 9.17) is 5.73 Å². The molecule has 94 valence electrons. The van der Waals surface area contributed by atoms with Crippen molar-refractivity contribution in [2.45, 2.75) is 13.0 Å². The third kappa shape index (κ3) is 2.82. The molecule has 2 N–H and O–H groups in total. The molecule has 2 aromatic rings. The second-order valence-corrected chi connectivity index (χ2v) is 5.88. The van der Waals surface area contributed by atoms with Crippen molar-refractivity contribution in [2.24, 2.45) is 5.73 Å². The quantitative estimate of drug-likeness (QED) is 0.811. The minimum Gasteiger partial charge on any atom is -0.320 e. The Morgan fingerprint density at radius 2 is 1.78 bits per heavy atom. The molecule has 2 rings (SSSR count). The normalized spacial score (nSPS) is 12.5. The van der Waals surface area contributed by atoms with Gasteiger partial charge in [-0.1, -0.05) is 34.1 Å². The van der Waals surface area contributed by atoms with Crippen LogP contribution in [0, 0.1) is 12.7 Å². The Morgan fingerprint density at radius 3 is 2.39 bits per heavy atom.